The highest BCUT2D eigenvalue weighted by molar-refractivity contribution is 5.92. The molecule has 1 aliphatic rings. The van der Waals surface area contributed by atoms with Crippen molar-refractivity contribution in [2.75, 3.05) is 19.7 Å². The second-order valence-electron chi connectivity index (χ2n) is 7.11. The minimum atomic E-state index is -4.47. The number of hydrogen-bond acceptors (Lipinski definition) is 6. The largest absolute Gasteiger partial charge is 0.416 e. The molecule has 0 spiro atoms. The monoisotopic (exact) mass is 435 g/mol. The highest BCUT2D eigenvalue weighted by Crippen LogP contribution is 2.32. The van der Waals surface area contributed by atoms with Crippen LogP contribution < -0.4 is 0 Å². The van der Waals surface area contributed by atoms with Crippen LogP contribution in [0.5, 0.6) is 0 Å². The molecule has 1 amide bonds. The van der Waals surface area contributed by atoms with Crippen molar-refractivity contribution in [2.24, 2.45) is 0 Å². The lowest BCUT2D eigenvalue weighted by Crippen LogP contribution is -2.42. The van der Waals surface area contributed by atoms with Crippen LogP contribution in [0.1, 0.15) is 41.4 Å². The molecule has 3 heterocycles. The third-order valence-corrected chi connectivity index (χ3v) is 4.83. The van der Waals surface area contributed by atoms with Crippen molar-refractivity contribution < 1.29 is 27.2 Å². The predicted molar refractivity (Wildman–Crippen MR) is 102 cm³/mol. The molecule has 0 saturated carbocycles. The van der Waals surface area contributed by atoms with E-state index >= 15 is 0 Å². The van der Waals surface area contributed by atoms with E-state index in [-0.39, 0.29) is 36.3 Å². The normalized spacial score (nSPS) is 17.2. The molecule has 1 saturated heterocycles. The van der Waals surface area contributed by atoms with Crippen LogP contribution in [0.15, 0.2) is 41.1 Å². The zero-order valence-corrected chi connectivity index (χ0v) is 16.7. The number of ether oxygens (including phenoxy) is 1. The summed E-state index contributed by atoms with van der Waals surface area (Å²) in [6.45, 7) is 3.55. The van der Waals surface area contributed by atoms with Crippen molar-refractivity contribution in [2.45, 2.75) is 32.2 Å². The summed E-state index contributed by atoms with van der Waals surface area (Å²) >= 11 is 0. The quantitative estimate of drug-likeness (QED) is 0.609. The Balaban J connectivity index is 1.48. The van der Waals surface area contributed by atoms with Gasteiger partial charge in [0, 0.05) is 24.8 Å². The van der Waals surface area contributed by atoms with E-state index in [1.165, 1.54) is 12.1 Å². The van der Waals surface area contributed by atoms with Crippen LogP contribution in [0.4, 0.5) is 13.2 Å². The number of hydrogen-bond donors (Lipinski definition) is 0. The summed E-state index contributed by atoms with van der Waals surface area (Å²) in [6.07, 6.45) is -2.49. The van der Waals surface area contributed by atoms with Gasteiger partial charge in [-0.2, -0.15) is 23.3 Å². The lowest BCUT2D eigenvalue weighted by Gasteiger charge is -2.30. The van der Waals surface area contributed by atoms with Crippen molar-refractivity contribution in [1.29, 1.82) is 0 Å². The summed E-state index contributed by atoms with van der Waals surface area (Å²) in [4.78, 5) is 18.6. The average Bonchev–Trinajstić information content (AvgIpc) is 3.43. The molecule has 1 aromatic carbocycles. The van der Waals surface area contributed by atoms with Gasteiger partial charge in [-0.3, -0.25) is 9.48 Å². The van der Waals surface area contributed by atoms with Gasteiger partial charge in [0.15, 0.2) is 6.10 Å². The van der Waals surface area contributed by atoms with Crippen molar-refractivity contribution in [3.05, 3.63) is 53.7 Å². The Labute approximate surface area is 175 Å². The summed E-state index contributed by atoms with van der Waals surface area (Å²) in [6, 6.07) is 6.34. The Morgan fingerprint density at radius 2 is 2.13 bits per heavy atom. The molecule has 4 rings (SSSR count). The molecular weight excluding hydrogens is 415 g/mol. The second kappa shape index (κ2) is 8.50. The molecule has 0 aliphatic carbocycles. The zero-order chi connectivity index (χ0) is 22.0. The third-order valence-electron chi connectivity index (χ3n) is 4.83. The van der Waals surface area contributed by atoms with Crippen LogP contribution in [0.25, 0.3) is 11.4 Å². The van der Waals surface area contributed by atoms with E-state index < -0.39 is 17.8 Å². The molecule has 1 fully saturated rings. The van der Waals surface area contributed by atoms with Gasteiger partial charge in [-0.25, -0.2) is 0 Å². The average molecular weight is 435 g/mol. The number of carbonyl (C=O) groups is 1. The fourth-order valence-corrected chi connectivity index (χ4v) is 3.29. The first-order chi connectivity index (χ1) is 14.8. The number of benzene rings is 1. The van der Waals surface area contributed by atoms with Crippen molar-refractivity contribution >= 4 is 5.91 Å². The number of carbonyl (C=O) groups excluding carboxylic acids is 1. The maximum Gasteiger partial charge on any atom is 0.416 e. The number of aryl methyl sites for hydroxylation is 1. The Bertz CT molecular complexity index is 1060. The van der Waals surface area contributed by atoms with Crippen LogP contribution in [0, 0.1) is 0 Å². The fourth-order valence-electron chi connectivity index (χ4n) is 3.29. The molecule has 11 heteroatoms. The highest BCUT2D eigenvalue weighted by atomic mass is 19.4. The van der Waals surface area contributed by atoms with Crippen molar-refractivity contribution in [1.82, 2.24) is 24.8 Å². The summed E-state index contributed by atoms with van der Waals surface area (Å²) in [7, 11) is 0. The third kappa shape index (κ3) is 4.61. The first kappa shape index (κ1) is 21.0. The summed E-state index contributed by atoms with van der Waals surface area (Å²) in [5, 5.41) is 8.07. The van der Waals surface area contributed by atoms with Gasteiger partial charge in [-0.1, -0.05) is 24.2 Å². The van der Waals surface area contributed by atoms with Gasteiger partial charge in [0.25, 0.3) is 11.8 Å². The fraction of sp³-hybridized carbons (Fsp3) is 0.400. The SMILES string of the molecule is CCCn1ccc(C(=O)N2CCO[C@H](c3nc(-c4cccc(C(F)(F)F)c4)no3)C2)n1. The number of aromatic nitrogens is 4. The van der Waals surface area contributed by atoms with E-state index in [1.54, 1.807) is 21.8 Å². The van der Waals surface area contributed by atoms with Gasteiger partial charge in [-0.05, 0) is 24.6 Å². The molecule has 31 heavy (non-hydrogen) atoms. The van der Waals surface area contributed by atoms with Gasteiger partial charge in [0.1, 0.15) is 5.69 Å². The zero-order valence-electron chi connectivity index (χ0n) is 16.7. The Morgan fingerprint density at radius 3 is 2.90 bits per heavy atom. The van der Waals surface area contributed by atoms with Gasteiger partial charge in [-0.15, -0.1) is 0 Å². The van der Waals surface area contributed by atoms with Crippen molar-refractivity contribution in [3.63, 3.8) is 0 Å². The predicted octanol–water partition coefficient (Wildman–Crippen LogP) is 3.58. The minimum Gasteiger partial charge on any atom is -0.365 e. The summed E-state index contributed by atoms with van der Waals surface area (Å²) in [5.41, 5.74) is -0.288. The Kier molecular flexibility index (Phi) is 5.77. The van der Waals surface area contributed by atoms with Gasteiger partial charge >= 0.3 is 6.18 Å². The Morgan fingerprint density at radius 1 is 1.29 bits per heavy atom. The number of alkyl halides is 3. The maximum atomic E-state index is 13.0. The molecule has 1 aliphatic heterocycles. The molecule has 3 aromatic rings. The molecule has 0 bridgehead atoms. The van der Waals surface area contributed by atoms with E-state index in [0.717, 1.165) is 25.1 Å². The molecular formula is C20H20F3N5O3. The van der Waals surface area contributed by atoms with Crippen molar-refractivity contribution in [3.8, 4) is 11.4 Å². The molecule has 0 unspecified atom stereocenters. The van der Waals surface area contributed by atoms with Crippen LogP contribution in [-0.2, 0) is 17.5 Å². The summed E-state index contributed by atoms with van der Waals surface area (Å²) < 4.78 is 51.5. The minimum absolute atomic E-state index is 0.0199. The lowest BCUT2D eigenvalue weighted by atomic mass is 10.1. The Hall–Kier alpha value is -3.21. The van der Waals surface area contributed by atoms with E-state index in [9.17, 15) is 18.0 Å². The molecule has 1 atom stereocenters. The van der Waals surface area contributed by atoms with E-state index in [2.05, 4.69) is 15.2 Å². The number of halogens is 3. The number of morpholine rings is 1. The molecule has 2 aromatic heterocycles. The first-order valence-electron chi connectivity index (χ1n) is 9.80. The highest BCUT2D eigenvalue weighted by Gasteiger charge is 2.32. The number of amides is 1. The topological polar surface area (TPSA) is 86.3 Å². The van der Waals surface area contributed by atoms with Gasteiger partial charge < -0.3 is 14.2 Å². The number of nitrogens with zero attached hydrogens (tertiary/aromatic N) is 5. The van der Waals surface area contributed by atoms with Crippen LogP contribution >= 0.6 is 0 Å². The molecule has 0 N–H and O–H groups in total. The summed E-state index contributed by atoms with van der Waals surface area (Å²) in [5.74, 6) is -0.117. The van der Waals surface area contributed by atoms with Gasteiger partial charge in [0.05, 0.1) is 18.7 Å². The van der Waals surface area contributed by atoms with Gasteiger partial charge in [0.2, 0.25) is 5.82 Å². The van der Waals surface area contributed by atoms with Crippen LogP contribution in [-0.4, -0.2) is 50.4 Å². The molecule has 0 radical (unpaired) electrons. The number of rotatable bonds is 5. The smallest absolute Gasteiger partial charge is 0.365 e. The van der Waals surface area contributed by atoms with E-state index in [4.69, 9.17) is 9.26 Å². The van der Waals surface area contributed by atoms with Crippen LogP contribution in [0.2, 0.25) is 0 Å². The second-order valence-corrected chi connectivity index (χ2v) is 7.11. The molecule has 8 nitrogen and oxygen atoms in total. The van der Waals surface area contributed by atoms with Crippen LogP contribution in [0.3, 0.4) is 0 Å². The maximum absolute atomic E-state index is 13.0. The first-order valence-corrected chi connectivity index (χ1v) is 9.80. The van der Waals surface area contributed by atoms with E-state index in [0.29, 0.717) is 12.2 Å². The van der Waals surface area contributed by atoms with E-state index in [1.807, 2.05) is 6.92 Å². The molecule has 164 valence electrons. The standard InChI is InChI=1S/C20H20F3N5O3/c1-2-7-28-8-6-15(25-28)19(29)27-9-10-30-16(12-27)18-24-17(26-31-18)13-4-3-5-14(11-13)20(21,22)23/h3-6,8,11,16H,2,7,9-10,12H2,1H3/t16-/m0/s1. The lowest BCUT2D eigenvalue weighted by molar-refractivity contribution is -0.137.